The second-order valence-corrected chi connectivity index (χ2v) is 14.4. The number of carbonyl (C=O) groups is 3. The van der Waals surface area contributed by atoms with Gasteiger partial charge in [0, 0.05) is 19.1 Å². The van der Waals surface area contributed by atoms with Crippen LogP contribution in [0.1, 0.15) is 65.9 Å². The number of ether oxygens (including phenoxy) is 1. The number of esters is 1. The largest absolute Gasteiger partial charge is 0.474 e. The third-order valence-electron chi connectivity index (χ3n) is 7.58. The number of ketones is 1. The van der Waals surface area contributed by atoms with Crippen molar-refractivity contribution in [1.29, 1.82) is 0 Å². The molecule has 1 saturated heterocycles. The van der Waals surface area contributed by atoms with Crippen LogP contribution in [0.15, 0.2) is 43.0 Å². The van der Waals surface area contributed by atoms with Crippen molar-refractivity contribution in [2.24, 2.45) is 11.8 Å². The lowest BCUT2D eigenvalue weighted by Crippen LogP contribution is -2.46. The van der Waals surface area contributed by atoms with E-state index in [9.17, 15) is 23.5 Å². The zero-order valence-electron chi connectivity index (χ0n) is 29.4. The van der Waals surface area contributed by atoms with Gasteiger partial charge in [-0.2, -0.15) is 0 Å². The molecule has 1 heterocycles. The smallest absolute Gasteiger partial charge is 0.465 e. The number of phosphoric ester groups is 2. The highest BCUT2D eigenvalue weighted by Crippen LogP contribution is 2.50. The third-order valence-corrected chi connectivity index (χ3v) is 10.9. The van der Waals surface area contributed by atoms with E-state index in [1.807, 2.05) is 35.2 Å². The Morgan fingerprint density at radius 1 is 0.776 bits per heavy atom. The molecule has 14 nitrogen and oxygen atoms in total. The quantitative estimate of drug-likeness (QED) is 0.0522. The number of hydrogen-bond donors (Lipinski definition) is 1. The summed E-state index contributed by atoms with van der Waals surface area (Å²) in [6.45, 7) is 13.5. The summed E-state index contributed by atoms with van der Waals surface area (Å²) in [7, 11) is -7.29. The molecule has 0 aliphatic carbocycles. The second kappa shape index (κ2) is 22.5. The molecule has 1 N–H and O–H groups in total. The van der Waals surface area contributed by atoms with Crippen molar-refractivity contribution in [2.45, 2.75) is 78.9 Å². The van der Waals surface area contributed by atoms with Crippen molar-refractivity contribution in [3.63, 3.8) is 0 Å². The van der Waals surface area contributed by atoms with E-state index >= 15 is 0 Å². The maximum atomic E-state index is 13.8. The third kappa shape index (κ3) is 13.8. The van der Waals surface area contributed by atoms with Gasteiger partial charge < -0.3 is 10.1 Å². The summed E-state index contributed by atoms with van der Waals surface area (Å²) in [6.07, 6.45) is 3.29. The van der Waals surface area contributed by atoms with Gasteiger partial charge in [-0.25, -0.2) is 9.13 Å². The van der Waals surface area contributed by atoms with E-state index < -0.39 is 51.4 Å². The van der Waals surface area contributed by atoms with Gasteiger partial charge in [-0.05, 0) is 65.9 Å². The standard InChI is InChI=1S/C33H54N2O12P2/c1-7-28-29(33(38)41-22-17-18-24-47-49(40,44-10-4)45-11-5)30(31(26(6)36)35(28)25-27-19-13-12-14-20-27)32(37)34-21-15-16-23-46-48(39,42-8-2)43-9-3/h7,12-14,19-20,28-31H,1,8-11,15-18,21-25H2,2-6H3,(H,34,37)/t28-,29?,30?,31+/m1/s1. The number of nitrogens with one attached hydrogen (secondary N) is 1. The SMILES string of the molecule is C=C[C@@H]1C(C(=O)OCCCCOP(=O)(OCC)OCC)C(C(=O)NCCCCOP(=O)(OCC)OCC)[C@H](C(C)=O)N1Cc1ccccc1. The summed E-state index contributed by atoms with van der Waals surface area (Å²) < 4.78 is 61.9. The van der Waals surface area contributed by atoms with E-state index in [1.165, 1.54) is 6.92 Å². The number of phosphoric acid groups is 2. The molecule has 1 aromatic carbocycles. The molecule has 2 rings (SSSR count). The normalized spacial score (nSPS) is 19.9. The Hall–Kier alpha value is -2.25. The van der Waals surface area contributed by atoms with Crippen molar-refractivity contribution in [1.82, 2.24) is 10.2 Å². The van der Waals surface area contributed by atoms with Gasteiger partial charge in [0.1, 0.15) is 5.78 Å². The van der Waals surface area contributed by atoms with Gasteiger partial charge in [-0.3, -0.25) is 46.4 Å². The number of nitrogens with zero attached hydrogens (tertiary/aromatic N) is 1. The van der Waals surface area contributed by atoms with Crippen molar-refractivity contribution >= 4 is 33.3 Å². The predicted molar refractivity (Wildman–Crippen MR) is 183 cm³/mol. The molecule has 1 aliphatic heterocycles. The van der Waals surface area contributed by atoms with Gasteiger partial charge in [0.15, 0.2) is 0 Å². The number of benzene rings is 1. The highest BCUT2D eigenvalue weighted by molar-refractivity contribution is 7.48. The Balaban J connectivity index is 2.12. The maximum absolute atomic E-state index is 13.8. The molecule has 2 unspecified atom stereocenters. The number of rotatable bonds is 26. The molecule has 0 saturated carbocycles. The number of Topliss-reactive ketones (excluding diaryl/α,β-unsaturated/α-hetero) is 1. The Labute approximate surface area is 290 Å². The lowest BCUT2D eigenvalue weighted by molar-refractivity contribution is -0.152. The molecule has 1 aromatic rings. The van der Waals surface area contributed by atoms with Crippen LogP contribution in [0, 0.1) is 11.8 Å². The second-order valence-electron chi connectivity index (χ2n) is 11.1. The van der Waals surface area contributed by atoms with E-state index in [1.54, 1.807) is 33.8 Å². The fourth-order valence-corrected chi connectivity index (χ4v) is 8.02. The molecular formula is C33H54N2O12P2. The lowest BCUT2D eigenvalue weighted by atomic mass is 9.85. The summed E-state index contributed by atoms with van der Waals surface area (Å²) in [4.78, 5) is 42.5. The van der Waals surface area contributed by atoms with Gasteiger partial charge in [0.2, 0.25) is 5.91 Å². The zero-order chi connectivity index (χ0) is 36.3. The highest BCUT2D eigenvalue weighted by atomic mass is 31.2. The molecule has 1 fully saturated rings. The lowest BCUT2D eigenvalue weighted by Gasteiger charge is -2.28. The number of hydrogen-bond acceptors (Lipinski definition) is 13. The average Bonchev–Trinajstić information content (AvgIpc) is 3.39. The van der Waals surface area contributed by atoms with Crippen molar-refractivity contribution in [3.8, 4) is 0 Å². The minimum absolute atomic E-state index is 0.0151. The minimum Gasteiger partial charge on any atom is -0.465 e. The number of amides is 1. The molecule has 0 bridgehead atoms. The molecule has 16 heteroatoms. The summed E-state index contributed by atoms with van der Waals surface area (Å²) in [5, 5.41) is 2.88. The van der Waals surface area contributed by atoms with Crippen LogP contribution in [0.25, 0.3) is 0 Å². The van der Waals surface area contributed by atoms with E-state index in [0.717, 1.165) is 5.56 Å². The summed E-state index contributed by atoms with van der Waals surface area (Å²) in [5.74, 6) is -3.40. The first kappa shape index (κ1) is 42.9. The Bertz CT molecular complexity index is 1250. The summed E-state index contributed by atoms with van der Waals surface area (Å²) in [5.41, 5.74) is 0.904. The number of unbranched alkanes of at least 4 members (excludes halogenated alkanes) is 2. The Morgan fingerprint density at radius 3 is 1.78 bits per heavy atom. The fourth-order valence-electron chi connectivity index (χ4n) is 5.60. The van der Waals surface area contributed by atoms with Gasteiger partial charge in [0.05, 0.1) is 64.1 Å². The van der Waals surface area contributed by atoms with Crippen LogP contribution in [0.2, 0.25) is 0 Å². The molecule has 4 atom stereocenters. The van der Waals surface area contributed by atoms with Crippen molar-refractivity contribution in [2.75, 3.05) is 52.8 Å². The molecule has 0 spiro atoms. The Morgan fingerprint density at radius 2 is 1.29 bits per heavy atom. The number of likely N-dealkylation sites (tertiary alicyclic amines) is 1. The van der Waals surface area contributed by atoms with Crippen LogP contribution < -0.4 is 5.32 Å². The molecule has 0 radical (unpaired) electrons. The van der Waals surface area contributed by atoms with Gasteiger partial charge in [0.25, 0.3) is 0 Å². The number of carbonyl (C=O) groups excluding carboxylic acids is 3. The highest BCUT2D eigenvalue weighted by Gasteiger charge is 2.56. The van der Waals surface area contributed by atoms with Gasteiger partial charge in [-0.15, -0.1) is 6.58 Å². The minimum atomic E-state index is -3.65. The van der Waals surface area contributed by atoms with Gasteiger partial charge in [-0.1, -0.05) is 36.4 Å². The summed E-state index contributed by atoms with van der Waals surface area (Å²) in [6, 6.07) is 7.89. The molecule has 278 valence electrons. The average molecular weight is 733 g/mol. The monoisotopic (exact) mass is 732 g/mol. The van der Waals surface area contributed by atoms with Crippen LogP contribution in [-0.2, 0) is 61.9 Å². The van der Waals surface area contributed by atoms with Crippen LogP contribution in [-0.4, -0.2) is 87.4 Å². The first-order chi connectivity index (χ1) is 23.5. The fraction of sp³-hybridized carbons (Fsp3) is 0.667. The van der Waals surface area contributed by atoms with E-state index in [-0.39, 0.29) is 58.6 Å². The zero-order valence-corrected chi connectivity index (χ0v) is 31.2. The van der Waals surface area contributed by atoms with E-state index in [4.69, 9.17) is 31.9 Å². The van der Waals surface area contributed by atoms with Crippen LogP contribution >= 0.6 is 15.6 Å². The van der Waals surface area contributed by atoms with Crippen LogP contribution in [0.5, 0.6) is 0 Å². The maximum Gasteiger partial charge on any atom is 0.474 e. The molecule has 49 heavy (non-hydrogen) atoms. The first-order valence-corrected chi connectivity index (χ1v) is 19.9. The first-order valence-electron chi connectivity index (χ1n) is 16.9. The molecule has 1 amide bonds. The topological polar surface area (TPSA) is 165 Å². The van der Waals surface area contributed by atoms with Crippen molar-refractivity contribution in [3.05, 3.63) is 48.6 Å². The summed E-state index contributed by atoms with van der Waals surface area (Å²) >= 11 is 0. The predicted octanol–water partition coefficient (Wildman–Crippen LogP) is 5.86. The van der Waals surface area contributed by atoms with E-state index in [2.05, 4.69) is 11.9 Å². The Kier molecular flexibility index (Phi) is 19.7. The molecular weight excluding hydrogens is 678 g/mol. The molecule has 1 aliphatic rings. The van der Waals surface area contributed by atoms with Crippen molar-refractivity contribution < 1.29 is 55.4 Å². The molecule has 0 aromatic heterocycles. The van der Waals surface area contributed by atoms with E-state index in [0.29, 0.717) is 32.2 Å². The van der Waals surface area contributed by atoms with Gasteiger partial charge >= 0.3 is 21.6 Å². The van der Waals surface area contributed by atoms with Crippen LogP contribution in [0.4, 0.5) is 0 Å². The van der Waals surface area contributed by atoms with Crippen LogP contribution in [0.3, 0.4) is 0 Å².